The largest absolute Gasteiger partial charge is 0.493 e. The van der Waals surface area contributed by atoms with E-state index in [0.29, 0.717) is 13.0 Å². The molecular weight excluding hydrogens is 224 g/mol. The van der Waals surface area contributed by atoms with E-state index in [1.165, 1.54) is 11.1 Å². The van der Waals surface area contributed by atoms with Gasteiger partial charge in [-0.2, -0.15) is 0 Å². The summed E-state index contributed by atoms with van der Waals surface area (Å²) in [6, 6.07) is 16.3. The molecule has 0 amide bonds. The van der Waals surface area contributed by atoms with Crippen molar-refractivity contribution in [3.05, 3.63) is 54.1 Å². The van der Waals surface area contributed by atoms with E-state index in [-0.39, 0.29) is 0 Å². The molecule has 0 aliphatic rings. The van der Waals surface area contributed by atoms with Gasteiger partial charge in [0.15, 0.2) is 0 Å². The molecule has 0 heterocycles. The smallest absolute Gasteiger partial charge is 0.123 e. The lowest BCUT2D eigenvalue weighted by Gasteiger charge is -2.06. The molecule has 0 unspecified atom stereocenters. The number of benzene rings is 2. The molecule has 0 aromatic heterocycles. The quantitative estimate of drug-likeness (QED) is 0.589. The minimum Gasteiger partial charge on any atom is -0.493 e. The Kier molecular flexibility index (Phi) is 4.13. The Morgan fingerprint density at radius 3 is 2.06 bits per heavy atom. The number of ether oxygens (including phenoxy) is 1. The summed E-state index contributed by atoms with van der Waals surface area (Å²) in [5, 5.41) is 0. The maximum atomic E-state index is 10.2. The summed E-state index contributed by atoms with van der Waals surface area (Å²) in [6.07, 6.45) is 1.29. The average molecular weight is 240 g/mol. The number of aldehydes is 1. The Bertz CT molecular complexity index is 498. The van der Waals surface area contributed by atoms with Crippen LogP contribution in [0, 0.1) is 6.92 Å². The Morgan fingerprint density at radius 2 is 1.50 bits per heavy atom. The van der Waals surface area contributed by atoms with Gasteiger partial charge in [-0.3, -0.25) is 0 Å². The van der Waals surface area contributed by atoms with Crippen LogP contribution in [0.3, 0.4) is 0 Å². The Hall–Kier alpha value is -2.09. The van der Waals surface area contributed by atoms with Gasteiger partial charge < -0.3 is 9.53 Å². The van der Waals surface area contributed by atoms with Crippen molar-refractivity contribution in [2.24, 2.45) is 0 Å². The molecule has 0 aliphatic carbocycles. The summed E-state index contributed by atoms with van der Waals surface area (Å²) in [5.41, 5.74) is 3.62. The monoisotopic (exact) mass is 240 g/mol. The van der Waals surface area contributed by atoms with Gasteiger partial charge in [0, 0.05) is 6.42 Å². The van der Waals surface area contributed by atoms with Crippen molar-refractivity contribution in [3.63, 3.8) is 0 Å². The van der Waals surface area contributed by atoms with Gasteiger partial charge in [-0.1, -0.05) is 42.0 Å². The summed E-state index contributed by atoms with van der Waals surface area (Å²) in [6.45, 7) is 2.52. The number of carbonyl (C=O) groups is 1. The predicted octanol–water partition coefficient (Wildman–Crippen LogP) is 3.63. The fourth-order valence-corrected chi connectivity index (χ4v) is 1.71. The standard InChI is InChI=1S/C16H16O2/c1-13-3-5-14(6-4-13)15-7-9-16(10-8-15)18-12-2-11-17/h3-11H,2,12H2,1H3. The summed E-state index contributed by atoms with van der Waals surface area (Å²) < 4.78 is 5.43. The Morgan fingerprint density at radius 1 is 0.944 bits per heavy atom. The van der Waals surface area contributed by atoms with Crippen LogP contribution in [0.15, 0.2) is 48.5 Å². The lowest BCUT2D eigenvalue weighted by Crippen LogP contribution is -1.97. The van der Waals surface area contributed by atoms with Crippen LogP contribution >= 0.6 is 0 Å². The first-order chi connectivity index (χ1) is 8.79. The maximum Gasteiger partial charge on any atom is 0.123 e. The molecule has 2 aromatic rings. The molecule has 0 aliphatic heterocycles. The third-order valence-corrected chi connectivity index (χ3v) is 2.74. The van der Waals surface area contributed by atoms with Gasteiger partial charge in [-0.15, -0.1) is 0 Å². The van der Waals surface area contributed by atoms with Gasteiger partial charge in [0.25, 0.3) is 0 Å². The van der Waals surface area contributed by atoms with Gasteiger partial charge in [0.05, 0.1) is 6.61 Å². The number of aryl methyl sites for hydroxylation is 1. The number of hydrogen-bond donors (Lipinski definition) is 0. The molecule has 0 radical (unpaired) electrons. The van der Waals surface area contributed by atoms with Gasteiger partial charge in [-0.05, 0) is 30.2 Å². The summed E-state index contributed by atoms with van der Waals surface area (Å²) in [4.78, 5) is 10.2. The molecule has 2 heteroatoms. The van der Waals surface area contributed by atoms with Crippen LogP contribution in [0.4, 0.5) is 0 Å². The zero-order valence-electron chi connectivity index (χ0n) is 10.4. The molecule has 0 N–H and O–H groups in total. The van der Waals surface area contributed by atoms with Crippen LogP contribution < -0.4 is 4.74 Å². The second kappa shape index (κ2) is 6.01. The van der Waals surface area contributed by atoms with E-state index in [4.69, 9.17) is 4.74 Å². The number of rotatable bonds is 5. The Labute approximate surface area is 107 Å². The van der Waals surface area contributed by atoms with Crippen molar-refractivity contribution >= 4 is 6.29 Å². The highest BCUT2D eigenvalue weighted by molar-refractivity contribution is 5.64. The van der Waals surface area contributed by atoms with Gasteiger partial charge in [-0.25, -0.2) is 0 Å². The molecule has 2 nitrogen and oxygen atoms in total. The maximum absolute atomic E-state index is 10.2. The molecule has 2 rings (SSSR count). The Balaban J connectivity index is 2.07. The topological polar surface area (TPSA) is 26.3 Å². The van der Waals surface area contributed by atoms with Gasteiger partial charge >= 0.3 is 0 Å². The highest BCUT2D eigenvalue weighted by Gasteiger charge is 1.98. The van der Waals surface area contributed by atoms with Crippen molar-refractivity contribution in [2.75, 3.05) is 6.61 Å². The van der Waals surface area contributed by atoms with Crippen molar-refractivity contribution < 1.29 is 9.53 Å². The number of carbonyl (C=O) groups excluding carboxylic acids is 1. The van der Waals surface area contributed by atoms with E-state index in [1.807, 2.05) is 24.3 Å². The molecule has 0 spiro atoms. The van der Waals surface area contributed by atoms with E-state index in [2.05, 4.69) is 31.2 Å². The molecule has 0 saturated heterocycles. The lowest BCUT2D eigenvalue weighted by molar-refractivity contribution is -0.108. The van der Waals surface area contributed by atoms with E-state index in [9.17, 15) is 4.79 Å². The first-order valence-electron chi connectivity index (χ1n) is 6.03. The molecule has 2 aromatic carbocycles. The molecule has 0 bridgehead atoms. The molecule has 0 saturated carbocycles. The van der Waals surface area contributed by atoms with E-state index in [0.717, 1.165) is 17.6 Å². The van der Waals surface area contributed by atoms with Crippen molar-refractivity contribution in [3.8, 4) is 16.9 Å². The molecular formula is C16H16O2. The van der Waals surface area contributed by atoms with Crippen LogP contribution in [0.2, 0.25) is 0 Å². The molecule has 0 fully saturated rings. The predicted molar refractivity (Wildman–Crippen MR) is 72.8 cm³/mol. The van der Waals surface area contributed by atoms with Crippen LogP contribution in [-0.2, 0) is 4.79 Å². The average Bonchev–Trinajstić information content (AvgIpc) is 2.41. The number of hydrogen-bond acceptors (Lipinski definition) is 2. The van der Waals surface area contributed by atoms with E-state index < -0.39 is 0 Å². The highest BCUT2D eigenvalue weighted by atomic mass is 16.5. The van der Waals surface area contributed by atoms with E-state index >= 15 is 0 Å². The fraction of sp³-hybridized carbons (Fsp3) is 0.188. The second-order valence-electron chi connectivity index (χ2n) is 4.19. The summed E-state index contributed by atoms with van der Waals surface area (Å²) in [5.74, 6) is 0.799. The SMILES string of the molecule is Cc1ccc(-c2ccc(OCCC=O)cc2)cc1. The molecule has 0 atom stereocenters. The first-order valence-corrected chi connectivity index (χ1v) is 6.03. The highest BCUT2D eigenvalue weighted by Crippen LogP contribution is 2.22. The van der Waals surface area contributed by atoms with Crippen molar-refractivity contribution in [2.45, 2.75) is 13.3 Å². The van der Waals surface area contributed by atoms with Crippen LogP contribution in [0.1, 0.15) is 12.0 Å². The minimum absolute atomic E-state index is 0.430. The minimum atomic E-state index is 0.430. The van der Waals surface area contributed by atoms with Gasteiger partial charge in [0.1, 0.15) is 12.0 Å². The normalized spacial score (nSPS) is 10.1. The van der Waals surface area contributed by atoms with Gasteiger partial charge in [0.2, 0.25) is 0 Å². The van der Waals surface area contributed by atoms with Crippen LogP contribution in [-0.4, -0.2) is 12.9 Å². The second-order valence-corrected chi connectivity index (χ2v) is 4.19. The summed E-state index contributed by atoms with van der Waals surface area (Å²) in [7, 11) is 0. The zero-order valence-corrected chi connectivity index (χ0v) is 10.4. The molecule has 18 heavy (non-hydrogen) atoms. The summed E-state index contributed by atoms with van der Waals surface area (Å²) >= 11 is 0. The van der Waals surface area contributed by atoms with E-state index in [1.54, 1.807) is 0 Å². The fourth-order valence-electron chi connectivity index (χ4n) is 1.71. The molecule has 92 valence electrons. The van der Waals surface area contributed by atoms with Crippen LogP contribution in [0.25, 0.3) is 11.1 Å². The third kappa shape index (κ3) is 3.20. The van der Waals surface area contributed by atoms with Crippen molar-refractivity contribution in [1.29, 1.82) is 0 Å². The van der Waals surface area contributed by atoms with Crippen LogP contribution in [0.5, 0.6) is 5.75 Å². The zero-order chi connectivity index (χ0) is 12.8. The lowest BCUT2D eigenvalue weighted by atomic mass is 10.0. The van der Waals surface area contributed by atoms with Crippen molar-refractivity contribution in [1.82, 2.24) is 0 Å². The third-order valence-electron chi connectivity index (χ3n) is 2.74. The first kappa shape index (κ1) is 12.4.